The summed E-state index contributed by atoms with van der Waals surface area (Å²) in [5, 5.41) is 28.0. The van der Waals surface area contributed by atoms with Crippen LogP contribution in [0.3, 0.4) is 0 Å². The van der Waals surface area contributed by atoms with Crippen LogP contribution in [-0.2, 0) is 21.2 Å². The lowest BCUT2D eigenvalue weighted by Gasteiger charge is -2.31. The SMILES string of the molecule is O=C(O)C(Cc1ccc(O)c(O)c1)N1CCCCS1(=O)=O. The number of sulfonamides is 1. The van der Waals surface area contributed by atoms with E-state index in [1.807, 2.05) is 0 Å². The summed E-state index contributed by atoms with van der Waals surface area (Å²) in [4.78, 5) is 11.4. The molecule has 1 heterocycles. The molecule has 1 saturated heterocycles. The molecule has 1 atom stereocenters. The summed E-state index contributed by atoms with van der Waals surface area (Å²) in [6, 6.07) is 2.73. The standard InChI is InChI=1S/C13H17NO6S/c15-11-4-3-9(8-12(11)16)7-10(13(17)18)14-5-1-2-6-21(14,19)20/h3-4,8,10,15-16H,1-2,5-7H2,(H,17,18). The first-order chi connectivity index (χ1) is 9.81. The zero-order valence-corrected chi connectivity index (χ0v) is 12.1. The fourth-order valence-electron chi connectivity index (χ4n) is 2.39. The van der Waals surface area contributed by atoms with Crippen molar-refractivity contribution < 1.29 is 28.5 Å². The predicted octanol–water partition coefficient (Wildman–Crippen LogP) is 0.519. The Morgan fingerprint density at radius 3 is 2.52 bits per heavy atom. The third-order valence-corrected chi connectivity index (χ3v) is 5.45. The molecule has 0 bridgehead atoms. The highest BCUT2D eigenvalue weighted by atomic mass is 32.2. The Morgan fingerprint density at radius 1 is 1.24 bits per heavy atom. The van der Waals surface area contributed by atoms with Crippen molar-refractivity contribution in [2.75, 3.05) is 12.3 Å². The van der Waals surface area contributed by atoms with Crippen molar-refractivity contribution in [1.29, 1.82) is 0 Å². The molecule has 1 unspecified atom stereocenters. The van der Waals surface area contributed by atoms with Gasteiger partial charge in [0, 0.05) is 6.54 Å². The van der Waals surface area contributed by atoms with E-state index in [4.69, 9.17) is 0 Å². The van der Waals surface area contributed by atoms with Crippen LogP contribution >= 0.6 is 0 Å². The second kappa shape index (κ2) is 5.90. The Kier molecular flexibility index (Phi) is 4.38. The van der Waals surface area contributed by atoms with Crippen LogP contribution in [0.15, 0.2) is 18.2 Å². The van der Waals surface area contributed by atoms with E-state index in [1.54, 1.807) is 0 Å². The van der Waals surface area contributed by atoms with Gasteiger partial charge < -0.3 is 15.3 Å². The van der Waals surface area contributed by atoms with Gasteiger partial charge in [-0.1, -0.05) is 6.07 Å². The molecule has 0 aromatic heterocycles. The molecule has 1 aromatic rings. The monoisotopic (exact) mass is 315 g/mol. The van der Waals surface area contributed by atoms with E-state index in [0.29, 0.717) is 18.4 Å². The molecule has 0 spiro atoms. The zero-order valence-electron chi connectivity index (χ0n) is 11.3. The number of carboxylic acid groups (broad SMARTS) is 1. The van der Waals surface area contributed by atoms with Crippen molar-refractivity contribution in [2.45, 2.75) is 25.3 Å². The van der Waals surface area contributed by atoms with Crippen molar-refractivity contribution in [3.8, 4) is 11.5 Å². The van der Waals surface area contributed by atoms with Gasteiger partial charge in [-0.05, 0) is 37.0 Å². The summed E-state index contributed by atoms with van der Waals surface area (Å²) in [5.74, 6) is -1.94. The third kappa shape index (κ3) is 3.45. The first-order valence-electron chi connectivity index (χ1n) is 6.54. The van der Waals surface area contributed by atoms with Crippen molar-refractivity contribution in [3.63, 3.8) is 0 Å². The molecule has 0 amide bonds. The van der Waals surface area contributed by atoms with E-state index < -0.39 is 22.0 Å². The molecule has 1 fully saturated rings. The summed E-state index contributed by atoms with van der Waals surface area (Å²) in [7, 11) is -3.57. The molecule has 0 aliphatic carbocycles. The number of aromatic hydroxyl groups is 2. The highest BCUT2D eigenvalue weighted by molar-refractivity contribution is 7.89. The van der Waals surface area contributed by atoms with Crippen LogP contribution < -0.4 is 0 Å². The van der Waals surface area contributed by atoms with Crippen LogP contribution in [0.5, 0.6) is 11.5 Å². The lowest BCUT2D eigenvalue weighted by Crippen LogP contribution is -2.49. The lowest BCUT2D eigenvalue weighted by molar-refractivity contribution is -0.141. The summed E-state index contributed by atoms with van der Waals surface area (Å²) in [6.45, 7) is 0.184. The van der Waals surface area contributed by atoms with Crippen LogP contribution in [0, 0.1) is 0 Å². The fourth-order valence-corrected chi connectivity index (χ4v) is 4.15. The molecule has 116 valence electrons. The maximum Gasteiger partial charge on any atom is 0.322 e. The quantitative estimate of drug-likeness (QED) is 0.698. The number of hydrogen-bond acceptors (Lipinski definition) is 5. The molecule has 8 heteroatoms. The Hall–Kier alpha value is -1.80. The number of phenols is 2. The zero-order chi connectivity index (χ0) is 15.6. The second-order valence-corrected chi connectivity index (χ2v) is 7.06. The van der Waals surface area contributed by atoms with Gasteiger partial charge in [0.05, 0.1) is 5.75 Å². The highest BCUT2D eigenvalue weighted by Gasteiger charge is 2.36. The second-order valence-electron chi connectivity index (χ2n) is 5.02. The Labute approximate surface area is 122 Å². The van der Waals surface area contributed by atoms with Gasteiger partial charge in [0.15, 0.2) is 11.5 Å². The van der Waals surface area contributed by atoms with E-state index in [-0.39, 0.29) is 30.2 Å². The van der Waals surface area contributed by atoms with Crippen LogP contribution in [-0.4, -0.2) is 52.4 Å². The molecular formula is C13H17NO6S. The molecule has 21 heavy (non-hydrogen) atoms. The molecule has 1 aliphatic heterocycles. The maximum absolute atomic E-state index is 12.0. The molecule has 7 nitrogen and oxygen atoms in total. The number of phenolic OH excluding ortho intramolecular Hbond substituents is 2. The number of carbonyl (C=O) groups is 1. The summed E-state index contributed by atoms with van der Waals surface area (Å²) in [6.07, 6.45) is 1.09. The Bertz CT molecular complexity index is 642. The fraction of sp³-hybridized carbons (Fsp3) is 0.462. The molecule has 3 N–H and O–H groups in total. The Balaban J connectivity index is 2.27. The van der Waals surface area contributed by atoms with Gasteiger partial charge >= 0.3 is 5.97 Å². The van der Waals surface area contributed by atoms with Gasteiger partial charge in [-0.2, -0.15) is 4.31 Å². The predicted molar refractivity (Wildman–Crippen MR) is 74.6 cm³/mol. The molecule has 0 radical (unpaired) electrons. The van der Waals surface area contributed by atoms with Gasteiger partial charge in [0.1, 0.15) is 6.04 Å². The highest BCUT2D eigenvalue weighted by Crippen LogP contribution is 2.27. The van der Waals surface area contributed by atoms with Crippen LogP contribution in [0.25, 0.3) is 0 Å². The topological polar surface area (TPSA) is 115 Å². The Morgan fingerprint density at radius 2 is 1.95 bits per heavy atom. The molecule has 2 rings (SSSR count). The summed E-state index contributed by atoms with van der Waals surface area (Å²) >= 11 is 0. The molecule has 0 saturated carbocycles. The molecular weight excluding hydrogens is 298 g/mol. The molecule has 1 aliphatic rings. The van der Waals surface area contributed by atoms with Crippen LogP contribution in [0.4, 0.5) is 0 Å². The van der Waals surface area contributed by atoms with E-state index in [0.717, 1.165) is 4.31 Å². The van der Waals surface area contributed by atoms with Crippen molar-refractivity contribution in [1.82, 2.24) is 4.31 Å². The normalized spacial score (nSPS) is 20.0. The van der Waals surface area contributed by atoms with Gasteiger partial charge in [-0.25, -0.2) is 8.42 Å². The molecule has 1 aromatic carbocycles. The minimum Gasteiger partial charge on any atom is -0.504 e. The largest absolute Gasteiger partial charge is 0.504 e. The van der Waals surface area contributed by atoms with E-state index in [9.17, 15) is 28.5 Å². The van der Waals surface area contributed by atoms with E-state index in [2.05, 4.69) is 0 Å². The first-order valence-corrected chi connectivity index (χ1v) is 8.15. The summed E-state index contributed by atoms with van der Waals surface area (Å²) < 4.78 is 25.0. The lowest BCUT2D eigenvalue weighted by atomic mass is 10.0. The minimum atomic E-state index is -3.57. The first kappa shape index (κ1) is 15.6. The number of rotatable bonds is 4. The van der Waals surface area contributed by atoms with Crippen molar-refractivity contribution in [2.24, 2.45) is 0 Å². The number of aliphatic carboxylic acids is 1. The number of nitrogens with zero attached hydrogens (tertiary/aromatic N) is 1. The third-order valence-electron chi connectivity index (χ3n) is 3.49. The number of hydrogen-bond donors (Lipinski definition) is 3. The smallest absolute Gasteiger partial charge is 0.322 e. The van der Waals surface area contributed by atoms with Gasteiger partial charge in [-0.15, -0.1) is 0 Å². The van der Waals surface area contributed by atoms with Gasteiger partial charge in [0.2, 0.25) is 10.0 Å². The van der Waals surface area contributed by atoms with Crippen LogP contribution in [0.2, 0.25) is 0 Å². The number of benzene rings is 1. The van der Waals surface area contributed by atoms with E-state index >= 15 is 0 Å². The average molecular weight is 315 g/mol. The van der Waals surface area contributed by atoms with Gasteiger partial charge in [-0.3, -0.25) is 4.79 Å². The van der Waals surface area contributed by atoms with E-state index in [1.165, 1.54) is 18.2 Å². The maximum atomic E-state index is 12.0. The van der Waals surface area contributed by atoms with Crippen LogP contribution in [0.1, 0.15) is 18.4 Å². The van der Waals surface area contributed by atoms with Crippen molar-refractivity contribution in [3.05, 3.63) is 23.8 Å². The number of carboxylic acids is 1. The van der Waals surface area contributed by atoms with Crippen molar-refractivity contribution >= 4 is 16.0 Å². The minimum absolute atomic E-state index is 0.0440. The van der Waals surface area contributed by atoms with Gasteiger partial charge in [0.25, 0.3) is 0 Å². The summed E-state index contributed by atoms with van der Waals surface area (Å²) in [5.41, 5.74) is 0.443. The average Bonchev–Trinajstić information content (AvgIpc) is 2.40.